The van der Waals surface area contributed by atoms with Gasteiger partial charge in [0.1, 0.15) is 0 Å². The summed E-state index contributed by atoms with van der Waals surface area (Å²) in [5.74, 6) is -0.397. The summed E-state index contributed by atoms with van der Waals surface area (Å²) in [6.45, 7) is 3.46. The number of amides is 1. The van der Waals surface area contributed by atoms with E-state index in [0.29, 0.717) is 5.56 Å². The van der Waals surface area contributed by atoms with Crippen molar-refractivity contribution >= 4 is 18.1 Å². The zero-order valence-electron chi connectivity index (χ0n) is 13.2. The van der Waals surface area contributed by atoms with Crippen LogP contribution >= 0.6 is 0 Å². The van der Waals surface area contributed by atoms with Crippen molar-refractivity contribution in [2.75, 3.05) is 13.1 Å². The van der Waals surface area contributed by atoms with Crippen molar-refractivity contribution in [1.29, 1.82) is 0 Å². The summed E-state index contributed by atoms with van der Waals surface area (Å²) < 4.78 is 0. The van der Waals surface area contributed by atoms with Crippen molar-refractivity contribution < 1.29 is 4.79 Å². The Kier molecular flexibility index (Phi) is 4.89. The number of carbonyl (C=O) groups excluding carboxylic acids is 1. The van der Waals surface area contributed by atoms with Gasteiger partial charge in [0.05, 0.1) is 0 Å². The van der Waals surface area contributed by atoms with E-state index in [1.54, 1.807) is 6.07 Å². The van der Waals surface area contributed by atoms with Gasteiger partial charge in [0, 0.05) is 12.1 Å². The van der Waals surface area contributed by atoms with Crippen LogP contribution in [-0.4, -0.2) is 23.9 Å². The van der Waals surface area contributed by atoms with Crippen LogP contribution in [0.1, 0.15) is 39.9 Å². The molecule has 2 N–H and O–H groups in total. The molecule has 0 aliphatic carbocycles. The molecule has 1 saturated heterocycles. The van der Waals surface area contributed by atoms with Gasteiger partial charge in [-0.25, -0.2) is 0 Å². The fourth-order valence-electron chi connectivity index (χ4n) is 2.99. The van der Waals surface area contributed by atoms with Gasteiger partial charge in [-0.3, -0.25) is 9.69 Å². The lowest BCUT2D eigenvalue weighted by Gasteiger charge is -2.14. The third-order valence-electron chi connectivity index (χ3n) is 4.27. The SMILES string of the molecule is NC(=O)c1ccccc1/C=C/c1ccc(CN2CCCC2)cc1. The minimum absolute atomic E-state index is 0.397. The van der Waals surface area contributed by atoms with E-state index >= 15 is 0 Å². The molecule has 3 rings (SSSR count). The average molecular weight is 306 g/mol. The molecule has 118 valence electrons. The number of nitrogens with two attached hydrogens (primary N) is 1. The molecule has 0 radical (unpaired) electrons. The molecule has 0 bridgehead atoms. The molecule has 0 atom stereocenters. The number of primary amides is 1. The van der Waals surface area contributed by atoms with Gasteiger partial charge in [-0.05, 0) is 48.7 Å². The number of hydrogen-bond donors (Lipinski definition) is 1. The van der Waals surface area contributed by atoms with Crippen LogP contribution in [0, 0.1) is 0 Å². The first-order valence-corrected chi connectivity index (χ1v) is 8.10. The van der Waals surface area contributed by atoms with E-state index < -0.39 is 5.91 Å². The fourth-order valence-corrected chi connectivity index (χ4v) is 2.99. The molecule has 3 nitrogen and oxygen atoms in total. The summed E-state index contributed by atoms with van der Waals surface area (Å²) in [5, 5.41) is 0. The number of hydrogen-bond acceptors (Lipinski definition) is 2. The highest BCUT2D eigenvalue weighted by Crippen LogP contribution is 2.16. The van der Waals surface area contributed by atoms with Crippen molar-refractivity contribution in [1.82, 2.24) is 4.90 Å². The second-order valence-electron chi connectivity index (χ2n) is 6.01. The Morgan fingerprint density at radius 2 is 1.70 bits per heavy atom. The van der Waals surface area contributed by atoms with Crippen LogP contribution in [0.4, 0.5) is 0 Å². The maximum atomic E-state index is 11.4. The van der Waals surface area contributed by atoms with Gasteiger partial charge in [-0.1, -0.05) is 54.6 Å². The van der Waals surface area contributed by atoms with Gasteiger partial charge in [-0.2, -0.15) is 0 Å². The van der Waals surface area contributed by atoms with Gasteiger partial charge < -0.3 is 5.73 Å². The summed E-state index contributed by atoms with van der Waals surface area (Å²) >= 11 is 0. The van der Waals surface area contributed by atoms with Crippen LogP contribution in [0.15, 0.2) is 48.5 Å². The Labute approximate surface area is 137 Å². The van der Waals surface area contributed by atoms with E-state index in [1.165, 1.54) is 31.5 Å². The second-order valence-corrected chi connectivity index (χ2v) is 6.01. The van der Waals surface area contributed by atoms with Crippen LogP contribution in [0.25, 0.3) is 12.2 Å². The molecule has 3 heteroatoms. The normalized spacial score (nSPS) is 15.3. The molecule has 1 aliphatic heterocycles. The summed E-state index contributed by atoms with van der Waals surface area (Å²) in [5.41, 5.74) is 9.27. The summed E-state index contributed by atoms with van der Waals surface area (Å²) in [7, 11) is 0. The largest absolute Gasteiger partial charge is 0.366 e. The van der Waals surface area contributed by atoms with Gasteiger partial charge in [-0.15, -0.1) is 0 Å². The first-order chi connectivity index (χ1) is 11.2. The van der Waals surface area contributed by atoms with Crippen molar-refractivity contribution in [2.24, 2.45) is 5.73 Å². The Morgan fingerprint density at radius 1 is 1.00 bits per heavy atom. The van der Waals surface area contributed by atoms with Gasteiger partial charge in [0.25, 0.3) is 0 Å². The monoisotopic (exact) mass is 306 g/mol. The number of carbonyl (C=O) groups is 1. The first-order valence-electron chi connectivity index (χ1n) is 8.10. The maximum Gasteiger partial charge on any atom is 0.249 e. The molecule has 1 fully saturated rings. The van der Waals surface area contributed by atoms with E-state index in [4.69, 9.17) is 5.73 Å². The van der Waals surface area contributed by atoms with Crippen LogP contribution in [0.2, 0.25) is 0 Å². The Hall–Kier alpha value is -2.39. The minimum atomic E-state index is -0.397. The predicted octanol–water partition coefficient (Wildman–Crippen LogP) is 3.55. The van der Waals surface area contributed by atoms with Crippen LogP contribution < -0.4 is 5.73 Å². The molecule has 0 unspecified atom stereocenters. The molecular weight excluding hydrogens is 284 g/mol. The smallest absolute Gasteiger partial charge is 0.249 e. The highest BCUT2D eigenvalue weighted by Gasteiger charge is 2.11. The summed E-state index contributed by atoms with van der Waals surface area (Å²) in [6.07, 6.45) is 6.59. The van der Waals surface area contributed by atoms with Crippen LogP contribution in [-0.2, 0) is 6.54 Å². The lowest BCUT2D eigenvalue weighted by atomic mass is 10.0. The number of nitrogens with zero attached hydrogens (tertiary/aromatic N) is 1. The topological polar surface area (TPSA) is 46.3 Å². The lowest BCUT2D eigenvalue weighted by molar-refractivity contribution is 0.1000. The van der Waals surface area contributed by atoms with Crippen LogP contribution in [0.5, 0.6) is 0 Å². The highest BCUT2D eigenvalue weighted by atomic mass is 16.1. The molecule has 0 spiro atoms. The third kappa shape index (κ3) is 4.08. The zero-order chi connectivity index (χ0) is 16.1. The van der Waals surface area contributed by atoms with Crippen LogP contribution in [0.3, 0.4) is 0 Å². The average Bonchev–Trinajstić information content (AvgIpc) is 3.07. The van der Waals surface area contributed by atoms with Crippen molar-refractivity contribution in [3.63, 3.8) is 0 Å². The quantitative estimate of drug-likeness (QED) is 0.859. The molecular formula is C20H22N2O. The predicted molar refractivity (Wildman–Crippen MR) is 94.8 cm³/mol. The fraction of sp³-hybridized carbons (Fsp3) is 0.250. The number of rotatable bonds is 5. The van der Waals surface area contributed by atoms with Crippen molar-refractivity contribution in [3.05, 3.63) is 70.8 Å². The standard InChI is InChI=1S/C20H22N2O/c21-20(23)19-6-2-1-5-18(19)12-11-16-7-9-17(10-8-16)15-22-13-3-4-14-22/h1-2,5-12H,3-4,13-15H2,(H2,21,23)/b12-11+. The van der Waals surface area contributed by atoms with E-state index in [-0.39, 0.29) is 0 Å². The summed E-state index contributed by atoms with van der Waals surface area (Å²) in [4.78, 5) is 13.9. The van der Waals surface area contributed by atoms with Gasteiger partial charge in [0.2, 0.25) is 5.91 Å². The highest BCUT2D eigenvalue weighted by molar-refractivity contribution is 5.97. The molecule has 1 heterocycles. The zero-order valence-corrected chi connectivity index (χ0v) is 13.2. The number of benzene rings is 2. The minimum Gasteiger partial charge on any atom is -0.366 e. The Morgan fingerprint density at radius 3 is 2.39 bits per heavy atom. The third-order valence-corrected chi connectivity index (χ3v) is 4.27. The Balaban J connectivity index is 1.69. The van der Waals surface area contributed by atoms with E-state index in [2.05, 4.69) is 29.2 Å². The summed E-state index contributed by atoms with van der Waals surface area (Å²) in [6, 6.07) is 16.0. The number of likely N-dealkylation sites (tertiary alicyclic amines) is 1. The first kappa shape index (κ1) is 15.5. The van der Waals surface area contributed by atoms with E-state index in [0.717, 1.165) is 17.7 Å². The lowest BCUT2D eigenvalue weighted by Crippen LogP contribution is -2.18. The molecule has 2 aromatic carbocycles. The molecule has 0 aromatic heterocycles. The molecule has 1 aliphatic rings. The van der Waals surface area contributed by atoms with E-state index in [9.17, 15) is 4.79 Å². The van der Waals surface area contributed by atoms with Crippen molar-refractivity contribution in [2.45, 2.75) is 19.4 Å². The molecule has 2 aromatic rings. The van der Waals surface area contributed by atoms with Crippen molar-refractivity contribution in [3.8, 4) is 0 Å². The Bertz CT molecular complexity index is 698. The maximum absolute atomic E-state index is 11.4. The van der Waals surface area contributed by atoms with Gasteiger partial charge >= 0.3 is 0 Å². The molecule has 0 saturated carbocycles. The molecule has 1 amide bonds. The van der Waals surface area contributed by atoms with Gasteiger partial charge in [0.15, 0.2) is 0 Å². The van der Waals surface area contributed by atoms with E-state index in [1.807, 2.05) is 30.4 Å². The molecule has 23 heavy (non-hydrogen) atoms. The second kappa shape index (κ2) is 7.25.